The Labute approximate surface area is 133 Å². The van der Waals surface area contributed by atoms with E-state index in [-0.39, 0.29) is 34.9 Å². The normalized spacial score (nSPS) is 57.9. The number of aliphatic hydroxyl groups excluding tert-OH is 2. The molecule has 0 aromatic heterocycles. The van der Waals surface area contributed by atoms with Crippen LogP contribution in [0.5, 0.6) is 0 Å². The molecule has 3 heteroatoms. The molecule has 0 spiro atoms. The third-order valence-corrected chi connectivity index (χ3v) is 8.20. The monoisotopic (exact) mass is 306 g/mol. The van der Waals surface area contributed by atoms with Gasteiger partial charge in [0.05, 0.1) is 12.2 Å². The van der Waals surface area contributed by atoms with Gasteiger partial charge in [-0.05, 0) is 66.6 Å². The van der Waals surface area contributed by atoms with E-state index in [0.29, 0.717) is 30.5 Å². The average molecular weight is 306 g/mol. The summed E-state index contributed by atoms with van der Waals surface area (Å²) >= 11 is 0. The molecule has 0 amide bonds. The van der Waals surface area contributed by atoms with Gasteiger partial charge in [0.2, 0.25) is 0 Å². The van der Waals surface area contributed by atoms with Gasteiger partial charge in [0, 0.05) is 12.8 Å². The molecular formula is C19H30O3. The van der Waals surface area contributed by atoms with Crippen molar-refractivity contribution in [1.29, 1.82) is 0 Å². The molecule has 0 bridgehead atoms. The Bertz CT molecular complexity index is 489. The van der Waals surface area contributed by atoms with Gasteiger partial charge in [-0.15, -0.1) is 0 Å². The van der Waals surface area contributed by atoms with E-state index in [0.717, 1.165) is 19.3 Å². The van der Waals surface area contributed by atoms with Crippen LogP contribution in [0.15, 0.2) is 0 Å². The molecule has 3 nitrogen and oxygen atoms in total. The summed E-state index contributed by atoms with van der Waals surface area (Å²) in [5.41, 5.74) is 0.216. The SMILES string of the molecule is C[C@]12CCC[C@@H]1[C@@H]1C[C@H](O)[C@H]3CC(=O)CC[C@@]3(C)[C@@H]1[C@H](O)C2. The minimum atomic E-state index is -0.356. The Balaban J connectivity index is 1.72. The average Bonchev–Trinajstić information content (AvgIpc) is 2.82. The van der Waals surface area contributed by atoms with Crippen molar-refractivity contribution in [2.24, 2.45) is 34.5 Å². The number of rotatable bonds is 0. The summed E-state index contributed by atoms with van der Waals surface area (Å²) in [7, 11) is 0. The van der Waals surface area contributed by atoms with Crippen LogP contribution < -0.4 is 0 Å². The van der Waals surface area contributed by atoms with Gasteiger partial charge in [0.25, 0.3) is 0 Å². The Morgan fingerprint density at radius 2 is 1.86 bits per heavy atom. The molecule has 0 unspecified atom stereocenters. The number of aliphatic hydroxyl groups is 2. The van der Waals surface area contributed by atoms with E-state index in [1.807, 2.05) is 0 Å². The van der Waals surface area contributed by atoms with Crippen molar-refractivity contribution in [1.82, 2.24) is 0 Å². The summed E-state index contributed by atoms with van der Waals surface area (Å²) in [4.78, 5) is 11.9. The predicted molar refractivity (Wildman–Crippen MR) is 84.1 cm³/mol. The van der Waals surface area contributed by atoms with Crippen LogP contribution in [0.3, 0.4) is 0 Å². The maximum Gasteiger partial charge on any atom is 0.133 e. The van der Waals surface area contributed by atoms with E-state index < -0.39 is 0 Å². The summed E-state index contributed by atoms with van der Waals surface area (Å²) in [6.07, 6.45) is 6.89. The highest BCUT2D eigenvalue weighted by Gasteiger charge is 2.62. The van der Waals surface area contributed by atoms with Crippen molar-refractivity contribution >= 4 is 5.78 Å². The van der Waals surface area contributed by atoms with Gasteiger partial charge < -0.3 is 10.2 Å². The largest absolute Gasteiger partial charge is 0.393 e. The van der Waals surface area contributed by atoms with Crippen LogP contribution in [-0.2, 0) is 4.79 Å². The Morgan fingerprint density at radius 1 is 1.09 bits per heavy atom. The van der Waals surface area contributed by atoms with Crippen molar-refractivity contribution in [2.75, 3.05) is 0 Å². The number of hydrogen-bond donors (Lipinski definition) is 2. The number of carbonyl (C=O) groups excluding carboxylic acids is 1. The number of Topliss-reactive ketones (excluding diaryl/α,β-unsaturated/α-hetero) is 1. The first-order chi connectivity index (χ1) is 10.3. The van der Waals surface area contributed by atoms with Crippen molar-refractivity contribution in [3.8, 4) is 0 Å². The van der Waals surface area contributed by atoms with Crippen LogP contribution >= 0.6 is 0 Å². The zero-order chi connectivity index (χ0) is 15.7. The Hall–Kier alpha value is -0.410. The van der Waals surface area contributed by atoms with Crippen LogP contribution in [0.25, 0.3) is 0 Å². The Morgan fingerprint density at radius 3 is 2.64 bits per heavy atom. The van der Waals surface area contributed by atoms with E-state index in [2.05, 4.69) is 13.8 Å². The number of ketones is 1. The third-order valence-electron chi connectivity index (χ3n) is 8.20. The summed E-state index contributed by atoms with van der Waals surface area (Å²) in [6.45, 7) is 4.61. The highest BCUT2D eigenvalue weighted by molar-refractivity contribution is 5.79. The lowest BCUT2D eigenvalue weighted by molar-refractivity contribution is -0.195. The fraction of sp³-hybridized carbons (Fsp3) is 0.947. The smallest absolute Gasteiger partial charge is 0.133 e. The van der Waals surface area contributed by atoms with Gasteiger partial charge in [-0.25, -0.2) is 0 Å². The number of hydrogen-bond acceptors (Lipinski definition) is 3. The third kappa shape index (κ3) is 1.91. The van der Waals surface area contributed by atoms with Gasteiger partial charge in [0.1, 0.15) is 5.78 Å². The maximum absolute atomic E-state index is 11.9. The van der Waals surface area contributed by atoms with Crippen molar-refractivity contribution in [2.45, 2.75) is 77.4 Å². The highest BCUT2D eigenvalue weighted by Crippen LogP contribution is 2.65. The molecule has 0 radical (unpaired) electrons. The molecule has 4 saturated carbocycles. The molecule has 4 aliphatic rings. The van der Waals surface area contributed by atoms with E-state index >= 15 is 0 Å². The lowest BCUT2D eigenvalue weighted by Crippen LogP contribution is -2.61. The van der Waals surface area contributed by atoms with E-state index in [1.54, 1.807) is 0 Å². The fourth-order valence-electron chi connectivity index (χ4n) is 7.23. The zero-order valence-corrected chi connectivity index (χ0v) is 13.9. The van der Waals surface area contributed by atoms with Crippen LogP contribution in [0.4, 0.5) is 0 Å². The second kappa shape index (κ2) is 4.80. The maximum atomic E-state index is 11.9. The second-order valence-corrected chi connectivity index (χ2v) is 9.27. The summed E-state index contributed by atoms with van der Waals surface area (Å²) in [5.74, 6) is 1.75. The molecule has 8 atom stereocenters. The molecule has 0 aromatic rings. The van der Waals surface area contributed by atoms with Gasteiger partial charge in [-0.3, -0.25) is 4.79 Å². The first kappa shape index (κ1) is 15.1. The van der Waals surface area contributed by atoms with E-state index in [1.165, 1.54) is 19.3 Å². The lowest BCUT2D eigenvalue weighted by Gasteiger charge is -2.62. The first-order valence-electron chi connectivity index (χ1n) is 9.23. The fourth-order valence-corrected chi connectivity index (χ4v) is 7.23. The molecule has 4 aliphatic carbocycles. The molecule has 124 valence electrons. The van der Waals surface area contributed by atoms with Crippen molar-refractivity contribution in [3.63, 3.8) is 0 Å². The molecule has 22 heavy (non-hydrogen) atoms. The molecule has 2 N–H and O–H groups in total. The first-order valence-corrected chi connectivity index (χ1v) is 9.23. The molecule has 4 fully saturated rings. The molecular weight excluding hydrogens is 276 g/mol. The minimum absolute atomic E-state index is 0.0560. The standard InChI is InChI=1S/C19H30O3/c1-18-6-3-4-13(18)12-9-15(21)14-8-11(20)5-7-19(14,2)17(12)16(22)10-18/h12-17,21-22H,3-10H2,1-2H3/t12-,13+,14+,15-,16+,17-,18+,19+/m0/s1. The van der Waals surface area contributed by atoms with Gasteiger partial charge >= 0.3 is 0 Å². The van der Waals surface area contributed by atoms with E-state index in [9.17, 15) is 15.0 Å². The summed E-state index contributed by atoms with van der Waals surface area (Å²) in [5, 5.41) is 21.8. The molecule has 0 saturated heterocycles. The van der Waals surface area contributed by atoms with Crippen LogP contribution in [-0.4, -0.2) is 28.2 Å². The molecule has 0 heterocycles. The topological polar surface area (TPSA) is 57.5 Å². The van der Waals surface area contributed by atoms with Crippen molar-refractivity contribution < 1.29 is 15.0 Å². The van der Waals surface area contributed by atoms with E-state index in [4.69, 9.17) is 0 Å². The number of fused-ring (bicyclic) bond motifs is 5. The van der Waals surface area contributed by atoms with Gasteiger partial charge in [-0.1, -0.05) is 20.3 Å². The molecule has 4 rings (SSSR count). The summed E-state index contributed by atoms with van der Waals surface area (Å²) < 4.78 is 0. The van der Waals surface area contributed by atoms with Gasteiger partial charge in [-0.2, -0.15) is 0 Å². The quantitative estimate of drug-likeness (QED) is 0.723. The molecule has 0 aromatic carbocycles. The lowest BCUT2D eigenvalue weighted by atomic mass is 9.44. The van der Waals surface area contributed by atoms with Crippen LogP contribution in [0.2, 0.25) is 0 Å². The zero-order valence-electron chi connectivity index (χ0n) is 13.9. The van der Waals surface area contributed by atoms with Gasteiger partial charge in [0.15, 0.2) is 0 Å². The van der Waals surface area contributed by atoms with Crippen LogP contribution in [0, 0.1) is 34.5 Å². The second-order valence-electron chi connectivity index (χ2n) is 9.27. The highest BCUT2D eigenvalue weighted by atomic mass is 16.3. The Kier molecular flexibility index (Phi) is 3.30. The number of carbonyl (C=O) groups is 1. The van der Waals surface area contributed by atoms with Crippen LogP contribution in [0.1, 0.15) is 65.2 Å². The summed E-state index contributed by atoms with van der Waals surface area (Å²) in [6, 6.07) is 0. The van der Waals surface area contributed by atoms with Crippen molar-refractivity contribution in [3.05, 3.63) is 0 Å². The minimum Gasteiger partial charge on any atom is -0.393 e. The molecule has 0 aliphatic heterocycles. The predicted octanol–water partition coefficient (Wildman–Crippen LogP) is 2.93.